The van der Waals surface area contributed by atoms with Crippen molar-refractivity contribution in [1.29, 1.82) is 0 Å². The Morgan fingerprint density at radius 3 is 1.45 bits per heavy atom. The Hall–Kier alpha value is -9.07. The van der Waals surface area contributed by atoms with E-state index in [0.29, 0.717) is 33.8 Å². The van der Waals surface area contributed by atoms with Gasteiger partial charge in [0, 0.05) is 27.7 Å². The van der Waals surface area contributed by atoms with E-state index >= 15 is 0 Å². The second-order valence-electron chi connectivity index (χ2n) is 19.2. The van der Waals surface area contributed by atoms with Crippen LogP contribution in [0.25, 0.3) is 0 Å². The van der Waals surface area contributed by atoms with Crippen LogP contribution in [-0.4, -0.2) is 48.7 Å². The van der Waals surface area contributed by atoms with Crippen LogP contribution in [0.2, 0.25) is 0 Å². The Morgan fingerprint density at radius 1 is 0.479 bits per heavy atom. The van der Waals surface area contributed by atoms with Gasteiger partial charge in [0.25, 0.3) is 23.6 Å². The smallest absolute Gasteiger partial charge is 0.266 e. The van der Waals surface area contributed by atoms with Gasteiger partial charge in [0.2, 0.25) is 9.84 Å². The maximum Gasteiger partial charge on any atom is 0.266 e. The van der Waals surface area contributed by atoms with Gasteiger partial charge in [-0.1, -0.05) is 87.5 Å². The van der Waals surface area contributed by atoms with Crippen LogP contribution in [0.15, 0.2) is 192 Å². The Balaban J connectivity index is 0.755. The number of carbonyl (C=O) groups is 6. The molecule has 73 heavy (non-hydrogen) atoms. The highest BCUT2D eigenvalue weighted by Crippen LogP contribution is 2.53. The Labute approximate surface area is 419 Å². The van der Waals surface area contributed by atoms with Gasteiger partial charge in [-0.05, 0) is 144 Å². The molecule has 8 aromatic rings. The molecular weight excluding hydrogens is 941 g/mol. The van der Waals surface area contributed by atoms with Gasteiger partial charge in [0.15, 0.2) is 11.6 Å². The van der Waals surface area contributed by atoms with Crippen LogP contribution in [0.4, 0.5) is 11.4 Å². The third-order valence-electron chi connectivity index (χ3n) is 14.1. The molecule has 0 spiro atoms. The topological polar surface area (TPSA) is 172 Å². The second kappa shape index (κ2) is 17.1. The highest BCUT2D eigenvalue weighted by molar-refractivity contribution is 7.91. The summed E-state index contributed by atoms with van der Waals surface area (Å²) >= 11 is 0. The number of rotatable bonds is 11. The Morgan fingerprint density at radius 2 is 0.918 bits per heavy atom. The third-order valence-corrected chi connectivity index (χ3v) is 15.9. The van der Waals surface area contributed by atoms with Crippen LogP contribution in [-0.2, 0) is 20.7 Å². The minimum atomic E-state index is -4.36. The molecule has 358 valence electrons. The minimum absolute atomic E-state index is 0.000439. The SMILES string of the molecule is CC1(C)CC(C)(c2ccc(C(=O)c3ccccc3)cc2)c2ccc(C(=O)c3ccc(Oc4ccc(N5C(=O)c6ccc(S(=O)(=O)c7ccc8c(c7)C(=O)N(c7ccc(O)cc7)C8=O)cc6C5=O)cc4)cc3)cc21. The van der Waals surface area contributed by atoms with E-state index in [-0.39, 0.29) is 71.6 Å². The number of hydrogen-bond acceptors (Lipinski definition) is 10. The fraction of sp³-hybridized carbons (Fsp3) is 0.100. The van der Waals surface area contributed by atoms with Crippen LogP contribution in [0.5, 0.6) is 17.2 Å². The van der Waals surface area contributed by atoms with E-state index in [0.717, 1.165) is 45.0 Å². The number of ether oxygens (including phenoxy) is 1. The molecule has 0 radical (unpaired) electrons. The molecule has 0 fully saturated rings. The standard InChI is InChI=1S/C60H42N2O10S/c1-59(2)34-60(3,39-14-9-36(10-15-39)53(64)35-7-5-4-6-8-35)51-30-13-38(31-52(51)59)54(65)37-11-22-43(23-12-37)72-44-24-18-41(19-25-44)62-56(67)48-29-27-46(33-50(48)58(62)69)73(70,71)45-26-28-47-49(32-45)57(68)61(55(47)66)40-16-20-42(63)21-17-40/h4-33,63H,34H2,1-3H3. The molecule has 12 nitrogen and oxygen atoms in total. The predicted molar refractivity (Wildman–Crippen MR) is 272 cm³/mol. The maximum absolute atomic E-state index is 13.9. The monoisotopic (exact) mass is 982 g/mol. The van der Waals surface area contributed by atoms with Gasteiger partial charge in [0.1, 0.15) is 17.2 Å². The average molecular weight is 983 g/mol. The fourth-order valence-electron chi connectivity index (χ4n) is 10.4. The minimum Gasteiger partial charge on any atom is -0.508 e. The number of anilines is 2. The van der Waals surface area contributed by atoms with Crippen LogP contribution in [0.1, 0.15) is 117 Å². The highest BCUT2D eigenvalue weighted by atomic mass is 32.2. The lowest BCUT2D eigenvalue weighted by molar-refractivity contribution is 0.0910. The number of fused-ring (bicyclic) bond motifs is 3. The summed E-state index contributed by atoms with van der Waals surface area (Å²) < 4.78 is 34.0. The number of sulfone groups is 1. The summed E-state index contributed by atoms with van der Waals surface area (Å²) in [6.07, 6.45) is 0.817. The van der Waals surface area contributed by atoms with E-state index in [1.54, 1.807) is 36.4 Å². The molecule has 0 aromatic heterocycles. The van der Waals surface area contributed by atoms with Crippen molar-refractivity contribution >= 4 is 56.4 Å². The summed E-state index contributed by atoms with van der Waals surface area (Å²) in [5, 5.41) is 9.66. The first-order valence-electron chi connectivity index (χ1n) is 23.3. The normalized spacial score (nSPS) is 16.6. The lowest BCUT2D eigenvalue weighted by atomic mass is 9.75. The molecule has 1 unspecified atom stereocenters. The van der Waals surface area contributed by atoms with Crippen LogP contribution in [0.3, 0.4) is 0 Å². The molecule has 0 saturated carbocycles. The number of amides is 4. The number of benzene rings is 8. The summed E-state index contributed by atoms with van der Waals surface area (Å²) in [5.41, 5.74) is 5.22. The summed E-state index contributed by atoms with van der Waals surface area (Å²) in [7, 11) is -4.36. The molecule has 8 aromatic carbocycles. The van der Waals surface area contributed by atoms with Crippen molar-refractivity contribution < 1.29 is 47.0 Å². The first-order valence-corrected chi connectivity index (χ1v) is 24.8. The first-order chi connectivity index (χ1) is 34.9. The van der Waals surface area contributed by atoms with Gasteiger partial charge < -0.3 is 9.84 Å². The first kappa shape index (κ1) is 46.3. The zero-order valence-corrected chi connectivity index (χ0v) is 40.3. The van der Waals surface area contributed by atoms with E-state index in [1.165, 1.54) is 60.7 Å². The van der Waals surface area contributed by atoms with E-state index in [1.807, 2.05) is 72.8 Å². The summed E-state index contributed by atoms with van der Waals surface area (Å²) in [5.74, 6) is -2.20. The number of phenols is 1. The largest absolute Gasteiger partial charge is 0.508 e. The van der Waals surface area contributed by atoms with Crippen molar-refractivity contribution in [3.8, 4) is 17.2 Å². The van der Waals surface area contributed by atoms with E-state index in [2.05, 4.69) is 20.8 Å². The van der Waals surface area contributed by atoms with Crippen LogP contribution >= 0.6 is 0 Å². The highest BCUT2D eigenvalue weighted by Gasteiger charge is 2.46. The zero-order valence-electron chi connectivity index (χ0n) is 39.5. The number of aromatic hydroxyl groups is 1. The fourth-order valence-corrected chi connectivity index (χ4v) is 11.7. The number of hydrogen-bond donors (Lipinski definition) is 1. The number of ketones is 2. The summed E-state index contributed by atoms with van der Waals surface area (Å²) in [6.45, 7) is 6.59. The van der Waals surface area contributed by atoms with Crippen molar-refractivity contribution in [2.45, 2.75) is 47.8 Å². The van der Waals surface area contributed by atoms with E-state index in [4.69, 9.17) is 4.74 Å². The molecule has 1 atom stereocenters. The van der Waals surface area contributed by atoms with E-state index < -0.39 is 33.5 Å². The molecule has 0 bridgehead atoms. The van der Waals surface area contributed by atoms with Crippen LogP contribution in [0, 0.1) is 0 Å². The van der Waals surface area contributed by atoms with Crippen molar-refractivity contribution in [2.24, 2.45) is 0 Å². The quantitative estimate of drug-likeness (QED) is 0.0971. The summed E-state index contributed by atoms with van der Waals surface area (Å²) in [6, 6.07) is 48.5. The molecule has 3 aliphatic rings. The lowest BCUT2D eigenvalue weighted by Gasteiger charge is -2.28. The molecule has 2 aliphatic heterocycles. The van der Waals surface area contributed by atoms with Gasteiger partial charge in [-0.15, -0.1) is 0 Å². The lowest BCUT2D eigenvalue weighted by Crippen LogP contribution is -2.29. The molecule has 0 saturated heterocycles. The average Bonchev–Trinajstić information content (AvgIpc) is 3.90. The zero-order chi connectivity index (χ0) is 51.1. The van der Waals surface area contributed by atoms with Gasteiger partial charge in [0.05, 0.1) is 43.4 Å². The predicted octanol–water partition coefficient (Wildman–Crippen LogP) is 11.1. The van der Waals surface area contributed by atoms with Gasteiger partial charge >= 0.3 is 0 Å². The van der Waals surface area contributed by atoms with Crippen LogP contribution < -0.4 is 14.5 Å². The molecule has 1 aliphatic carbocycles. The molecule has 13 heteroatoms. The van der Waals surface area contributed by atoms with Crippen molar-refractivity contribution in [1.82, 2.24) is 0 Å². The number of imide groups is 2. The maximum atomic E-state index is 13.9. The summed E-state index contributed by atoms with van der Waals surface area (Å²) in [4.78, 5) is 82.2. The van der Waals surface area contributed by atoms with Crippen molar-refractivity contribution in [3.63, 3.8) is 0 Å². The molecule has 4 amide bonds. The van der Waals surface area contributed by atoms with Gasteiger partial charge in [-0.25, -0.2) is 18.2 Å². The Bertz CT molecular complexity index is 3790. The van der Waals surface area contributed by atoms with Gasteiger partial charge in [-0.3, -0.25) is 28.8 Å². The molecular formula is C60H42N2O10S. The van der Waals surface area contributed by atoms with Crippen molar-refractivity contribution in [2.75, 3.05) is 9.80 Å². The second-order valence-corrected chi connectivity index (χ2v) is 21.2. The third kappa shape index (κ3) is 7.72. The number of nitrogens with zero attached hydrogens (tertiary/aromatic N) is 2. The van der Waals surface area contributed by atoms with Gasteiger partial charge in [-0.2, -0.15) is 0 Å². The number of phenolic OH excluding ortho intramolecular Hbond substituents is 1. The van der Waals surface area contributed by atoms with E-state index in [9.17, 15) is 42.3 Å². The number of carbonyl (C=O) groups excluding carboxylic acids is 6. The molecule has 2 heterocycles. The van der Waals surface area contributed by atoms with Crippen molar-refractivity contribution in [3.05, 3.63) is 243 Å². The molecule has 1 N–H and O–H groups in total. The Kier molecular flexibility index (Phi) is 10.8. The molecule has 11 rings (SSSR count).